The first-order valence-corrected chi connectivity index (χ1v) is 13.1. The van der Waals surface area contributed by atoms with Crippen LogP contribution in [0.2, 0.25) is 0 Å². The van der Waals surface area contributed by atoms with E-state index in [9.17, 15) is 14.4 Å². The van der Waals surface area contributed by atoms with Gasteiger partial charge in [0, 0.05) is 34.2 Å². The monoisotopic (exact) mass is 512 g/mol. The topological polar surface area (TPSA) is 110 Å². The average Bonchev–Trinajstić information content (AvgIpc) is 3.63. The Bertz CT molecular complexity index is 1440. The second-order valence-electron chi connectivity index (χ2n) is 10.7. The summed E-state index contributed by atoms with van der Waals surface area (Å²) in [5, 5.41) is 10.9. The molecule has 7 rings (SSSR count). The van der Waals surface area contributed by atoms with Crippen molar-refractivity contribution in [2.75, 3.05) is 19.7 Å². The van der Waals surface area contributed by atoms with Crippen molar-refractivity contribution in [2.24, 2.45) is 0 Å². The summed E-state index contributed by atoms with van der Waals surface area (Å²) < 4.78 is 8.34. The minimum atomic E-state index is -0.625. The van der Waals surface area contributed by atoms with Crippen LogP contribution in [-0.4, -0.2) is 68.0 Å². The van der Waals surface area contributed by atoms with E-state index < -0.39 is 11.9 Å². The average molecular weight is 513 g/mol. The highest BCUT2D eigenvalue weighted by Gasteiger charge is 2.47. The second-order valence-corrected chi connectivity index (χ2v) is 10.7. The van der Waals surface area contributed by atoms with E-state index in [0.717, 1.165) is 55.3 Å². The predicted molar refractivity (Wildman–Crippen MR) is 136 cm³/mol. The Labute approximate surface area is 219 Å². The molecule has 10 nitrogen and oxygen atoms in total. The standard InChI is InChI=1S/C28H28N6O4/c35-24-9-8-22(26(36)30-24)33-14-20-19(27(33)37)6-7-21-25(20)38-16-28(21)10-12-32(13-11-28)15-23-31-29-17-34(23)18-4-2-1-3-5-18/h1-7,17,22H,8-16H2,(H,30,35,36). The van der Waals surface area contributed by atoms with Crippen molar-refractivity contribution >= 4 is 17.7 Å². The number of likely N-dealkylation sites (tertiary alicyclic amines) is 1. The molecule has 3 amide bonds. The van der Waals surface area contributed by atoms with Crippen molar-refractivity contribution in [1.82, 2.24) is 29.9 Å². The molecule has 10 heteroatoms. The molecular weight excluding hydrogens is 484 g/mol. The summed E-state index contributed by atoms with van der Waals surface area (Å²) >= 11 is 0. The number of carbonyl (C=O) groups excluding carboxylic acids is 3. The van der Waals surface area contributed by atoms with Crippen molar-refractivity contribution in [2.45, 2.75) is 50.2 Å². The van der Waals surface area contributed by atoms with Crippen molar-refractivity contribution in [1.29, 1.82) is 0 Å². The van der Waals surface area contributed by atoms with Gasteiger partial charge in [0.05, 0.1) is 19.7 Å². The molecule has 2 saturated heterocycles. The summed E-state index contributed by atoms with van der Waals surface area (Å²) in [6.07, 6.45) is 4.25. The fourth-order valence-corrected chi connectivity index (χ4v) is 6.41. The Balaban J connectivity index is 1.07. The van der Waals surface area contributed by atoms with E-state index >= 15 is 0 Å². The smallest absolute Gasteiger partial charge is 0.255 e. The number of ether oxygens (including phenoxy) is 1. The van der Waals surface area contributed by atoms with E-state index in [0.29, 0.717) is 25.1 Å². The molecule has 4 aliphatic heterocycles. The van der Waals surface area contributed by atoms with Crippen molar-refractivity contribution in [3.8, 4) is 11.4 Å². The van der Waals surface area contributed by atoms with Crippen molar-refractivity contribution in [3.63, 3.8) is 0 Å². The lowest BCUT2D eigenvalue weighted by atomic mass is 9.74. The number of amides is 3. The summed E-state index contributed by atoms with van der Waals surface area (Å²) in [4.78, 5) is 41.2. The van der Waals surface area contributed by atoms with Crippen LogP contribution in [-0.2, 0) is 28.1 Å². The molecule has 2 aromatic carbocycles. The van der Waals surface area contributed by atoms with Gasteiger partial charge in [-0.25, -0.2) is 0 Å². The Morgan fingerprint density at radius 2 is 1.87 bits per heavy atom. The Kier molecular flexibility index (Phi) is 5.33. The van der Waals surface area contributed by atoms with Gasteiger partial charge in [-0.05, 0) is 50.6 Å². The van der Waals surface area contributed by atoms with Crippen LogP contribution in [0.1, 0.15) is 53.0 Å². The van der Waals surface area contributed by atoms with Gasteiger partial charge in [0.15, 0.2) is 5.82 Å². The molecular formula is C28H28N6O4. The highest BCUT2D eigenvalue weighted by molar-refractivity contribution is 6.05. The Morgan fingerprint density at radius 1 is 1.05 bits per heavy atom. The third kappa shape index (κ3) is 3.62. The third-order valence-electron chi connectivity index (χ3n) is 8.56. The summed E-state index contributed by atoms with van der Waals surface area (Å²) in [6.45, 7) is 3.46. The van der Waals surface area contributed by atoms with Crippen LogP contribution >= 0.6 is 0 Å². The first-order valence-electron chi connectivity index (χ1n) is 13.1. The number of nitrogens with zero attached hydrogens (tertiary/aromatic N) is 5. The number of carbonyl (C=O) groups is 3. The molecule has 1 N–H and O–H groups in total. The lowest BCUT2D eigenvalue weighted by molar-refractivity contribution is -0.136. The molecule has 2 fully saturated rings. The molecule has 3 aromatic rings. The van der Waals surface area contributed by atoms with E-state index in [1.165, 1.54) is 5.56 Å². The second kappa shape index (κ2) is 8.76. The molecule has 1 spiro atoms. The van der Waals surface area contributed by atoms with Gasteiger partial charge in [0.1, 0.15) is 18.1 Å². The van der Waals surface area contributed by atoms with Gasteiger partial charge in [0.2, 0.25) is 11.8 Å². The third-order valence-corrected chi connectivity index (χ3v) is 8.56. The number of piperidine rings is 2. The number of fused-ring (bicyclic) bond motifs is 4. The molecule has 0 radical (unpaired) electrons. The maximum atomic E-state index is 13.2. The molecule has 4 aliphatic rings. The molecule has 5 heterocycles. The van der Waals surface area contributed by atoms with Crippen LogP contribution in [0.25, 0.3) is 5.69 Å². The van der Waals surface area contributed by atoms with Crippen LogP contribution in [0, 0.1) is 0 Å². The molecule has 1 atom stereocenters. The van der Waals surface area contributed by atoms with Gasteiger partial charge in [-0.1, -0.05) is 24.3 Å². The van der Waals surface area contributed by atoms with Crippen LogP contribution < -0.4 is 10.1 Å². The van der Waals surface area contributed by atoms with Crippen molar-refractivity contribution < 1.29 is 19.1 Å². The zero-order valence-electron chi connectivity index (χ0n) is 20.9. The summed E-state index contributed by atoms with van der Waals surface area (Å²) in [5.41, 5.74) is 3.60. The fourth-order valence-electron chi connectivity index (χ4n) is 6.41. The lowest BCUT2D eigenvalue weighted by Crippen LogP contribution is -2.52. The van der Waals surface area contributed by atoms with E-state index in [1.807, 2.05) is 28.8 Å². The maximum Gasteiger partial charge on any atom is 0.255 e. The first-order chi connectivity index (χ1) is 18.5. The first kappa shape index (κ1) is 23.1. The van der Waals surface area contributed by atoms with E-state index in [1.54, 1.807) is 11.2 Å². The minimum Gasteiger partial charge on any atom is -0.492 e. The number of para-hydroxylation sites is 1. The number of hydrogen-bond donors (Lipinski definition) is 1. The number of hydrogen-bond acceptors (Lipinski definition) is 7. The molecule has 0 bridgehead atoms. The molecule has 0 aliphatic carbocycles. The van der Waals surface area contributed by atoms with Crippen molar-refractivity contribution in [3.05, 3.63) is 71.3 Å². The lowest BCUT2D eigenvalue weighted by Gasteiger charge is -2.38. The van der Waals surface area contributed by atoms with Gasteiger partial charge in [0.25, 0.3) is 5.91 Å². The van der Waals surface area contributed by atoms with Crippen LogP contribution in [0.5, 0.6) is 5.75 Å². The number of nitrogens with one attached hydrogen (secondary N) is 1. The highest BCUT2D eigenvalue weighted by Crippen LogP contribution is 2.49. The molecule has 1 aromatic heterocycles. The predicted octanol–water partition coefficient (Wildman–Crippen LogP) is 1.95. The minimum absolute atomic E-state index is 0.0843. The van der Waals surface area contributed by atoms with E-state index in [4.69, 9.17) is 4.74 Å². The van der Waals surface area contributed by atoms with Crippen LogP contribution in [0.15, 0.2) is 48.8 Å². The molecule has 38 heavy (non-hydrogen) atoms. The van der Waals surface area contributed by atoms with Crippen LogP contribution in [0.4, 0.5) is 0 Å². The van der Waals surface area contributed by atoms with E-state index in [2.05, 4.69) is 38.6 Å². The number of benzene rings is 2. The SMILES string of the molecule is O=C1CCC(N2Cc3c(ccc4c3OCC43CCN(Cc4nncn4-c4ccccc4)CC3)C2=O)C(=O)N1. The van der Waals surface area contributed by atoms with Gasteiger partial charge < -0.3 is 9.64 Å². The largest absolute Gasteiger partial charge is 0.492 e. The number of rotatable bonds is 4. The summed E-state index contributed by atoms with van der Waals surface area (Å²) in [5.74, 6) is 0.877. The molecule has 0 saturated carbocycles. The quantitative estimate of drug-likeness (QED) is 0.532. The normalized spacial score (nSPS) is 22.4. The zero-order valence-corrected chi connectivity index (χ0v) is 20.9. The zero-order chi connectivity index (χ0) is 25.9. The number of imide groups is 1. The summed E-state index contributed by atoms with van der Waals surface area (Å²) in [7, 11) is 0. The summed E-state index contributed by atoms with van der Waals surface area (Å²) in [6, 6.07) is 13.4. The molecule has 194 valence electrons. The number of aromatic nitrogens is 3. The van der Waals surface area contributed by atoms with Crippen LogP contribution in [0.3, 0.4) is 0 Å². The van der Waals surface area contributed by atoms with Gasteiger partial charge in [-0.15, -0.1) is 10.2 Å². The fraction of sp³-hybridized carbons (Fsp3) is 0.393. The van der Waals surface area contributed by atoms with E-state index in [-0.39, 0.29) is 23.7 Å². The Hall–Kier alpha value is -4.05. The van der Waals surface area contributed by atoms with Gasteiger partial charge in [-0.2, -0.15) is 0 Å². The van der Waals surface area contributed by atoms with Gasteiger partial charge >= 0.3 is 0 Å². The Morgan fingerprint density at radius 3 is 2.66 bits per heavy atom. The molecule has 1 unspecified atom stereocenters. The highest BCUT2D eigenvalue weighted by atomic mass is 16.5. The maximum absolute atomic E-state index is 13.2. The van der Waals surface area contributed by atoms with Gasteiger partial charge in [-0.3, -0.25) is 29.2 Å².